The maximum atomic E-state index is 14.1. The lowest BCUT2D eigenvalue weighted by atomic mass is 10.2. The third-order valence-electron chi connectivity index (χ3n) is 3.49. The maximum absolute atomic E-state index is 14.1. The molecule has 0 aliphatic carbocycles. The van der Waals surface area contributed by atoms with Crippen molar-refractivity contribution in [3.8, 4) is 0 Å². The van der Waals surface area contributed by atoms with Gasteiger partial charge in [0, 0.05) is 13.1 Å². The van der Waals surface area contributed by atoms with Gasteiger partial charge < -0.3 is 0 Å². The van der Waals surface area contributed by atoms with E-state index in [0.717, 1.165) is 41.4 Å². The van der Waals surface area contributed by atoms with Crippen molar-refractivity contribution in [2.24, 2.45) is 7.05 Å². The predicted octanol–water partition coefficient (Wildman–Crippen LogP) is 4.90. The van der Waals surface area contributed by atoms with Crippen LogP contribution >= 0.6 is 11.8 Å². The Labute approximate surface area is 151 Å². The molecule has 1 amide bonds. The zero-order valence-corrected chi connectivity index (χ0v) is 14.8. The molecule has 0 bridgehead atoms. The molecule has 26 heavy (non-hydrogen) atoms. The van der Waals surface area contributed by atoms with E-state index in [1.165, 1.54) is 7.05 Å². The Hall–Kier alpha value is -2.10. The van der Waals surface area contributed by atoms with Crippen molar-refractivity contribution >= 4 is 29.5 Å². The summed E-state index contributed by atoms with van der Waals surface area (Å²) in [5.41, 5.74) is -2.37. The second kappa shape index (κ2) is 8.07. The number of aromatic nitrogens is 2. The van der Waals surface area contributed by atoms with E-state index in [-0.39, 0.29) is 11.4 Å². The summed E-state index contributed by atoms with van der Waals surface area (Å²) in [6, 6.07) is 2.27. The quantitative estimate of drug-likeness (QED) is 0.291. The van der Waals surface area contributed by atoms with Crippen molar-refractivity contribution in [3.05, 3.63) is 35.5 Å². The number of anilines is 2. The van der Waals surface area contributed by atoms with Crippen LogP contribution in [0.3, 0.4) is 0 Å². The van der Waals surface area contributed by atoms with E-state index in [4.69, 9.17) is 0 Å². The number of halogens is 5. The van der Waals surface area contributed by atoms with Crippen molar-refractivity contribution in [1.29, 1.82) is 0 Å². The number of rotatable bonds is 7. The van der Waals surface area contributed by atoms with Gasteiger partial charge in [-0.05, 0) is 24.3 Å². The van der Waals surface area contributed by atoms with E-state index < -0.39 is 34.9 Å². The van der Waals surface area contributed by atoms with Gasteiger partial charge in [-0.3, -0.25) is 14.4 Å². The number of hydrogen-bond acceptors (Lipinski definition) is 3. The molecular formula is C16H16F5N3OS. The molecule has 2 rings (SSSR count). The molecule has 1 aromatic carbocycles. The number of amides is 1. The molecule has 0 saturated carbocycles. The molecule has 0 fully saturated rings. The molecule has 0 radical (unpaired) electrons. The third-order valence-corrected chi connectivity index (χ3v) is 4.72. The normalized spacial score (nSPS) is 11.7. The number of hydrogen-bond donors (Lipinski definition) is 0. The van der Waals surface area contributed by atoms with Crippen LogP contribution in [0.5, 0.6) is 0 Å². The molecule has 0 aliphatic rings. The Bertz CT molecular complexity index is 791. The first-order valence-corrected chi connectivity index (χ1v) is 8.65. The van der Waals surface area contributed by atoms with Crippen LogP contribution in [0, 0.1) is 11.6 Å². The zero-order valence-electron chi connectivity index (χ0n) is 14.0. The lowest BCUT2D eigenvalue weighted by molar-refractivity contribution is -0.140. The van der Waals surface area contributed by atoms with Crippen molar-refractivity contribution in [2.45, 2.75) is 31.0 Å². The van der Waals surface area contributed by atoms with Gasteiger partial charge in [0.15, 0.2) is 5.69 Å². The summed E-state index contributed by atoms with van der Waals surface area (Å²) in [5.74, 6) is -1.56. The summed E-state index contributed by atoms with van der Waals surface area (Å²) in [7, 11) is 1.32. The second-order valence-electron chi connectivity index (χ2n) is 5.40. The van der Waals surface area contributed by atoms with Crippen LogP contribution < -0.4 is 4.90 Å². The van der Waals surface area contributed by atoms with E-state index >= 15 is 0 Å². The highest BCUT2D eigenvalue weighted by Gasteiger charge is 2.41. The molecule has 0 aliphatic heterocycles. The van der Waals surface area contributed by atoms with E-state index in [1.807, 2.05) is 6.92 Å². The van der Waals surface area contributed by atoms with E-state index in [1.54, 1.807) is 0 Å². The number of carbonyl (C=O) groups excluding carboxylic acids is 1. The number of unbranched alkanes of at least 4 members (excludes halogenated alkanes) is 1. The molecule has 0 spiro atoms. The summed E-state index contributed by atoms with van der Waals surface area (Å²) >= 11 is 1.09. The average Bonchev–Trinajstić information content (AvgIpc) is 2.88. The van der Waals surface area contributed by atoms with Crippen molar-refractivity contribution < 1.29 is 26.7 Å². The van der Waals surface area contributed by atoms with Gasteiger partial charge in [-0.25, -0.2) is 8.78 Å². The molecular weight excluding hydrogens is 377 g/mol. The number of nitrogens with zero attached hydrogens (tertiary/aromatic N) is 3. The van der Waals surface area contributed by atoms with E-state index in [9.17, 15) is 26.7 Å². The van der Waals surface area contributed by atoms with Crippen LogP contribution in [-0.2, 0) is 18.0 Å². The first-order valence-electron chi connectivity index (χ1n) is 7.67. The SMILES string of the molecule is CCCCSc1c(N(C=O)c2ccc(F)cc2F)c(C(F)(F)F)nn1C. The van der Waals surface area contributed by atoms with E-state index in [2.05, 4.69) is 5.10 Å². The van der Waals surface area contributed by atoms with Crippen LogP contribution in [0.4, 0.5) is 33.3 Å². The van der Waals surface area contributed by atoms with Crippen LogP contribution in [-0.4, -0.2) is 21.9 Å². The Balaban J connectivity index is 2.64. The molecule has 0 unspecified atom stereocenters. The Morgan fingerprint density at radius 3 is 2.54 bits per heavy atom. The third kappa shape index (κ3) is 4.17. The fourth-order valence-electron chi connectivity index (χ4n) is 2.29. The highest BCUT2D eigenvalue weighted by atomic mass is 32.2. The highest BCUT2D eigenvalue weighted by molar-refractivity contribution is 7.99. The minimum Gasteiger partial charge on any atom is -0.278 e. The number of thioether (sulfide) groups is 1. The van der Waals surface area contributed by atoms with E-state index in [0.29, 0.717) is 16.7 Å². The molecule has 0 atom stereocenters. The summed E-state index contributed by atoms with van der Waals surface area (Å²) in [6.45, 7) is 1.93. The summed E-state index contributed by atoms with van der Waals surface area (Å²) in [5, 5.41) is 3.55. The fourth-order valence-corrected chi connectivity index (χ4v) is 3.47. The number of benzene rings is 1. The summed E-state index contributed by atoms with van der Waals surface area (Å²) in [6.07, 6.45) is -3.22. The molecule has 0 saturated heterocycles. The molecule has 142 valence electrons. The van der Waals surface area contributed by atoms with Gasteiger partial charge >= 0.3 is 6.18 Å². The Morgan fingerprint density at radius 2 is 2.00 bits per heavy atom. The molecule has 10 heteroatoms. The minimum absolute atomic E-state index is 0.0620. The van der Waals surface area contributed by atoms with Crippen LogP contribution in [0.1, 0.15) is 25.5 Å². The molecule has 0 N–H and O–H groups in total. The van der Waals surface area contributed by atoms with Gasteiger partial charge in [0.05, 0.1) is 5.69 Å². The molecule has 1 aromatic heterocycles. The standard InChI is InChI=1S/C16H16F5N3OS/c1-3-4-7-26-15-13(14(16(19,20)21)22-23(15)2)24(9-25)12-6-5-10(17)8-11(12)18/h5-6,8-9H,3-4,7H2,1-2H3. The molecule has 2 aromatic rings. The first-order chi connectivity index (χ1) is 12.2. The van der Waals surface area contributed by atoms with Crippen LogP contribution in [0.2, 0.25) is 0 Å². The van der Waals surface area contributed by atoms with Gasteiger partial charge in [-0.2, -0.15) is 18.3 Å². The Morgan fingerprint density at radius 1 is 1.31 bits per heavy atom. The first kappa shape index (κ1) is 20.2. The fraction of sp³-hybridized carbons (Fsp3) is 0.375. The second-order valence-corrected chi connectivity index (χ2v) is 6.48. The molecule has 4 nitrogen and oxygen atoms in total. The largest absolute Gasteiger partial charge is 0.437 e. The Kier molecular flexibility index (Phi) is 6.27. The van der Waals surface area contributed by atoms with Gasteiger partial charge in [0.25, 0.3) is 0 Å². The number of aryl methyl sites for hydroxylation is 1. The van der Waals surface area contributed by atoms with Gasteiger partial charge in [0.2, 0.25) is 6.41 Å². The van der Waals surface area contributed by atoms with Gasteiger partial charge in [0.1, 0.15) is 22.3 Å². The van der Waals surface area contributed by atoms with Crippen LogP contribution in [0.15, 0.2) is 23.2 Å². The smallest absolute Gasteiger partial charge is 0.278 e. The monoisotopic (exact) mass is 393 g/mol. The van der Waals surface area contributed by atoms with Crippen molar-refractivity contribution in [3.63, 3.8) is 0 Å². The lowest BCUT2D eigenvalue weighted by Gasteiger charge is -2.20. The van der Waals surface area contributed by atoms with Gasteiger partial charge in [-0.15, -0.1) is 11.8 Å². The van der Waals surface area contributed by atoms with Crippen LogP contribution in [0.25, 0.3) is 0 Å². The predicted molar refractivity (Wildman–Crippen MR) is 88.4 cm³/mol. The topological polar surface area (TPSA) is 38.1 Å². The minimum atomic E-state index is -4.85. The number of carbonyl (C=O) groups is 1. The van der Waals surface area contributed by atoms with Gasteiger partial charge in [-0.1, -0.05) is 13.3 Å². The summed E-state index contributed by atoms with van der Waals surface area (Å²) < 4.78 is 68.5. The maximum Gasteiger partial charge on any atom is 0.437 e. The lowest BCUT2D eigenvalue weighted by Crippen LogP contribution is -2.20. The summed E-state index contributed by atoms with van der Waals surface area (Å²) in [4.78, 5) is 12.1. The van der Waals surface area contributed by atoms with Crippen molar-refractivity contribution in [2.75, 3.05) is 10.7 Å². The highest BCUT2D eigenvalue weighted by Crippen LogP contribution is 2.44. The van der Waals surface area contributed by atoms with Crippen molar-refractivity contribution in [1.82, 2.24) is 9.78 Å². The number of alkyl halides is 3. The average molecular weight is 393 g/mol. The zero-order chi connectivity index (χ0) is 19.5. The molecule has 1 heterocycles.